The minimum atomic E-state index is 0. The Morgan fingerprint density at radius 3 is 2.85 bits per heavy atom. The molecule has 7 nitrogen and oxygen atoms in total. The van der Waals surface area contributed by atoms with Gasteiger partial charge in [-0.3, -0.25) is 9.79 Å². The molecule has 27 heavy (non-hydrogen) atoms. The van der Waals surface area contributed by atoms with Crippen LogP contribution in [0, 0.1) is 0 Å². The van der Waals surface area contributed by atoms with Crippen molar-refractivity contribution in [3.8, 4) is 0 Å². The van der Waals surface area contributed by atoms with Gasteiger partial charge in [-0.2, -0.15) is 0 Å². The van der Waals surface area contributed by atoms with Crippen molar-refractivity contribution in [2.24, 2.45) is 4.99 Å². The first-order chi connectivity index (χ1) is 12.7. The molecule has 0 bridgehead atoms. The Kier molecular flexibility index (Phi) is 9.07. The van der Waals surface area contributed by atoms with Crippen molar-refractivity contribution in [2.75, 3.05) is 44.7 Å². The number of nitrogens with zero attached hydrogens (tertiary/aromatic N) is 4. The predicted molar refractivity (Wildman–Crippen MR) is 122 cm³/mol. The fourth-order valence-corrected chi connectivity index (χ4v) is 4.40. The van der Waals surface area contributed by atoms with Crippen molar-refractivity contribution in [2.45, 2.75) is 45.1 Å². The number of likely N-dealkylation sites (tertiary alicyclic amines) is 1. The van der Waals surface area contributed by atoms with Gasteiger partial charge in [0.05, 0.1) is 5.69 Å². The van der Waals surface area contributed by atoms with E-state index in [-0.39, 0.29) is 35.9 Å². The molecular weight excluding hydrogens is 475 g/mol. The second kappa shape index (κ2) is 11.0. The van der Waals surface area contributed by atoms with Crippen LogP contribution in [-0.2, 0) is 11.2 Å². The second-order valence-corrected chi connectivity index (χ2v) is 7.72. The van der Waals surface area contributed by atoms with E-state index in [9.17, 15) is 4.79 Å². The third-order valence-electron chi connectivity index (χ3n) is 5.00. The van der Waals surface area contributed by atoms with Crippen LogP contribution in [0.4, 0.5) is 5.13 Å². The summed E-state index contributed by atoms with van der Waals surface area (Å²) in [5.74, 6) is 1.03. The lowest BCUT2D eigenvalue weighted by molar-refractivity contribution is -0.129. The van der Waals surface area contributed by atoms with E-state index < -0.39 is 0 Å². The number of aliphatic imine (C=N–C) groups is 1. The molecule has 0 radical (unpaired) electrons. The molecule has 0 spiro atoms. The molecule has 9 heteroatoms. The predicted octanol–water partition coefficient (Wildman–Crippen LogP) is 2.08. The number of nitrogens with one attached hydrogen (secondary N) is 2. The maximum atomic E-state index is 11.8. The second-order valence-electron chi connectivity index (χ2n) is 6.89. The Balaban J connectivity index is 0.00000261. The van der Waals surface area contributed by atoms with Gasteiger partial charge < -0.3 is 20.4 Å². The summed E-state index contributed by atoms with van der Waals surface area (Å²) in [5, 5.41) is 10.1. The van der Waals surface area contributed by atoms with Crippen LogP contribution in [0.15, 0.2) is 10.4 Å². The van der Waals surface area contributed by atoms with Gasteiger partial charge in [0, 0.05) is 64.0 Å². The fourth-order valence-electron chi connectivity index (χ4n) is 3.49. The number of thiazole rings is 1. The molecule has 1 atom stereocenters. The molecule has 2 fully saturated rings. The van der Waals surface area contributed by atoms with Gasteiger partial charge in [0.1, 0.15) is 0 Å². The summed E-state index contributed by atoms with van der Waals surface area (Å²) in [6, 6.07) is 0.276. The number of aromatic nitrogens is 1. The van der Waals surface area contributed by atoms with Crippen LogP contribution in [0.1, 0.15) is 38.3 Å². The number of guanidine groups is 1. The molecule has 2 N–H and O–H groups in total. The lowest BCUT2D eigenvalue weighted by atomic mass is 10.3. The molecule has 2 aliphatic rings. The van der Waals surface area contributed by atoms with Crippen molar-refractivity contribution in [1.29, 1.82) is 0 Å². The van der Waals surface area contributed by atoms with Crippen molar-refractivity contribution in [1.82, 2.24) is 20.5 Å². The molecule has 3 rings (SSSR count). The summed E-state index contributed by atoms with van der Waals surface area (Å²) in [6.07, 6.45) is 4.99. The number of halogens is 1. The van der Waals surface area contributed by atoms with Gasteiger partial charge in [0.2, 0.25) is 5.91 Å². The van der Waals surface area contributed by atoms with Crippen LogP contribution in [0.3, 0.4) is 0 Å². The van der Waals surface area contributed by atoms with Crippen LogP contribution < -0.4 is 15.5 Å². The number of carbonyl (C=O) groups excluding carboxylic acids is 1. The highest BCUT2D eigenvalue weighted by Crippen LogP contribution is 2.24. The maximum absolute atomic E-state index is 11.8. The summed E-state index contributed by atoms with van der Waals surface area (Å²) in [6.45, 7) is 6.59. The van der Waals surface area contributed by atoms with Gasteiger partial charge in [-0.05, 0) is 19.3 Å². The van der Waals surface area contributed by atoms with Gasteiger partial charge in [-0.15, -0.1) is 35.3 Å². The van der Waals surface area contributed by atoms with Crippen molar-refractivity contribution in [3.63, 3.8) is 0 Å². The zero-order chi connectivity index (χ0) is 18.4. The van der Waals surface area contributed by atoms with Crippen LogP contribution in [0.2, 0.25) is 0 Å². The molecule has 1 unspecified atom stereocenters. The molecule has 0 saturated carbocycles. The summed E-state index contributed by atoms with van der Waals surface area (Å²) in [7, 11) is 1.79. The summed E-state index contributed by atoms with van der Waals surface area (Å²) >= 11 is 1.75. The molecule has 3 heterocycles. The Labute approximate surface area is 183 Å². The molecule has 0 aromatic carbocycles. The van der Waals surface area contributed by atoms with Crippen molar-refractivity contribution < 1.29 is 4.79 Å². The molecule has 1 aromatic heterocycles. The Morgan fingerprint density at radius 2 is 2.15 bits per heavy atom. The quantitative estimate of drug-likeness (QED) is 0.351. The lowest BCUT2D eigenvalue weighted by Gasteiger charge is -2.18. The van der Waals surface area contributed by atoms with Gasteiger partial charge in [-0.1, -0.05) is 6.92 Å². The van der Waals surface area contributed by atoms with Crippen LogP contribution in [-0.4, -0.2) is 67.6 Å². The summed E-state index contributed by atoms with van der Waals surface area (Å²) in [4.78, 5) is 25.2. The van der Waals surface area contributed by atoms with Gasteiger partial charge in [-0.25, -0.2) is 4.98 Å². The highest BCUT2D eigenvalue weighted by atomic mass is 127. The number of amides is 1. The third kappa shape index (κ3) is 6.20. The SMILES string of the molecule is CCC(=O)N1CCC(NC(=NC)NCCc2csc(N3CCCC3)n2)C1.I. The fraction of sp³-hybridized carbons (Fsp3) is 0.722. The molecule has 0 aliphatic carbocycles. The van der Waals surface area contributed by atoms with E-state index >= 15 is 0 Å². The van der Waals surface area contributed by atoms with E-state index in [1.807, 2.05) is 11.8 Å². The first kappa shape index (κ1) is 22.2. The Morgan fingerprint density at radius 1 is 1.37 bits per heavy atom. The number of rotatable bonds is 6. The van der Waals surface area contributed by atoms with E-state index in [1.54, 1.807) is 18.4 Å². The molecule has 152 valence electrons. The topological polar surface area (TPSA) is 72.9 Å². The molecule has 2 saturated heterocycles. The normalized spacial score (nSPS) is 19.9. The first-order valence-electron chi connectivity index (χ1n) is 9.64. The van der Waals surface area contributed by atoms with E-state index in [2.05, 4.69) is 25.9 Å². The standard InChI is InChI=1S/C18H30N6OS.HI/c1-3-16(25)24-11-7-14(12-24)21-17(19-2)20-8-6-15-13-26-18(22-15)23-9-4-5-10-23;/h13-14H,3-12H2,1-2H3,(H2,19,20,21);1H. The molecular formula is C18H31IN6OS. The Hall–Kier alpha value is -1.10. The largest absolute Gasteiger partial charge is 0.356 e. The molecule has 1 amide bonds. The zero-order valence-electron chi connectivity index (χ0n) is 16.2. The average molecular weight is 506 g/mol. The minimum absolute atomic E-state index is 0. The monoisotopic (exact) mass is 506 g/mol. The highest BCUT2D eigenvalue weighted by Gasteiger charge is 2.25. The minimum Gasteiger partial charge on any atom is -0.356 e. The van der Waals surface area contributed by atoms with Crippen LogP contribution in [0.5, 0.6) is 0 Å². The van der Waals surface area contributed by atoms with E-state index in [0.29, 0.717) is 6.42 Å². The van der Waals surface area contributed by atoms with E-state index in [4.69, 9.17) is 4.98 Å². The highest BCUT2D eigenvalue weighted by molar-refractivity contribution is 14.0. The van der Waals surface area contributed by atoms with Gasteiger partial charge in [0.25, 0.3) is 0 Å². The molecule has 2 aliphatic heterocycles. The van der Waals surface area contributed by atoms with E-state index in [0.717, 1.165) is 62.4 Å². The number of carbonyl (C=O) groups is 1. The van der Waals surface area contributed by atoms with E-state index in [1.165, 1.54) is 12.8 Å². The van der Waals surface area contributed by atoms with Crippen LogP contribution >= 0.6 is 35.3 Å². The summed E-state index contributed by atoms with van der Waals surface area (Å²) < 4.78 is 0. The smallest absolute Gasteiger partial charge is 0.222 e. The zero-order valence-corrected chi connectivity index (χ0v) is 19.4. The first-order valence-corrected chi connectivity index (χ1v) is 10.5. The maximum Gasteiger partial charge on any atom is 0.222 e. The van der Waals surface area contributed by atoms with Crippen molar-refractivity contribution in [3.05, 3.63) is 11.1 Å². The van der Waals surface area contributed by atoms with Crippen LogP contribution in [0.25, 0.3) is 0 Å². The number of hydrogen-bond acceptors (Lipinski definition) is 5. The van der Waals surface area contributed by atoms with Crippen molar-refractivity contribution >= 4 is 52.3 Å². The summed E-state index contributed by atoms with van der Waals surface area (Å²) in [5.41, 5.74) is 1.14. The van der Waals surface area contributed by atoms with Gasteiger partial charge >= 0.3 is 0 Å². The Bertz CT molecular complexity index is 631. The van der Waals surface area contributed by atoms with Gasteiger partial charge in [0.15, 0.2) is 11.1 Å². The molecule has 1 aromatic rings. The number of hydrogen-bond donors (Lipinski definition) is 2. The third-order valence-corrected chi connectivity index (χ3v) is 5.95. The lowest BCUT2D eigenvalue weighted by Crippen LogP contribution is -2.45. The average Bonchev–Trinajstić information content (AvgIpc) is 3.40. The number of anilines is 1.